The first-order valence-corrected chi connectivity index (χ1v) is 12.0. The third kappa shape index (κ3) is 4.43. The normalized spacial score (nSPS) is 18.0. The van der Waals surface area contributed by atoms with Crippen molar-refractivity contribution in [1.29, 1.82) is 0 Å². The maximum Gasteiger partial charge on any atom is 0.318 e. The molecule has 5 rings (SSSR count). The average Bonchev–Trinajstić information content (AvgIpc) is 2.86. The molecule has 0 aromatic carbocycles. The zero-order chi connectivity index (χ0) is 23.8. The van der Waals surface area contributed by atoms with Crippen LogP contribution in [0, 0.1) is 0 Å². The van der Waals surface area contributed by atoms with E-state index in [-0.39, 0.29) is 16.2 Å². The molecule has 0 unspecified atom stereocenters. The smallest absolute Gasteiger partial charge is 0.318 e. The van der Waals surface area contributed by atoms with Gasteiger partial charge in [-0.05, 0) is 18.9 Å². The van der Waals surface area contributed by atoms with Crippen molar-refractivity contribution in [2.24, 2.45) is 7.05 Å². The van der Waals surface area contributed by atoms with Gasteiger partial charge in [0, 0.05) is 63.8 Å². The second kappa shape index (κ2) is 9.61. The number of hydrogen-bond donors (Lipinski definition) is 0. The molecular weight excluding hydrogens is 481 g/mol. The number of pyridine rings is 1. The average molecular weight is 506 g/mol. The Bertz CT molecular complexity index is 1310. The van der Waals surface area contributed by atoms with Crippen LogP contribution in [-0.4, -0.2) is 68.4 Å². The molecule has 0 saturated carbocycles. The zero-order valence-electron chi connectivity index (χ0n) is 18.8. The van der Waals surface area contributed by atoms with Crippen LogP contribution in [0.2, 0.25) is 10.2 Å². The Kier molecular flexibility index (Phi) is 6.57. The first-order valence-electron chi connectivity index (χ1n) is 11.3. The maximum atomic E-state index is 12.9. The molecule has 0 amide bonds. The standard InChI is InChI=1S/C22H25Cl2N7O3/c1-28-17-10-16(23)18(24)27-19(17)31(21(33)20(28)32)15-2-4-30(5-3-15)22-25-11-14(12-26-22)13-29-6-8-34-9-7-29/h10-12,15H,2-9,13H2,1H3. The van der Waals surface area contributed by atoms with Gasteiger partial charge in [0.2, 0.25) is 5.95 Å². The van der Waals surface area contributed by atoms with Crippen molar-refractivity contribution in [1.82, 2.24) is 29.0 Å². The van der Waals surface area contributed by atoms with Crippen molar-refractivity contribution in [3.05, 3.63) is 54.9 Å². The van der Waals surface area contributed by atoms with Crippen molar-refractivity contribution in [2.45, 2.75) is 25.4 Å². The highest BCUT2D eigenvalue weighted by molar-refractivity contribution is 6.41. The Labute approximate surface area is 205 Å². The summed E-state index contributed by atoms with van der Waals surface area (Å²) in [7, 11) is 1.53. The lowest BCUT2D eigenvalue weighted by Gasteiger charge is -2.33. The number of anilines is 1. The van der Waals surface area contributed by atoms with Crippen LogP contribution in [0.25, 0.3) is 11.2 Å². The third-order valence-electron chi connectivity index (χ3n) is 6.50. The van der Waals surface area contributed by atoms with E-state index in [1.807, 2.05) is 12.4 Å². The molecule has 0 atom stereocenters. The van der Waals surface area contributed by atoms with Crippen LogP contribution in [0.4, 0.5) is 5.95 Å². The third-order valence-corrected chi connectivity index (χ3v) is 7.18. The Morgan fingerprint density at radius 1 is 1.03 bits per heavy atom. The molecule has 10 nitrogen and oxygen atoms in total. The van der Waals surface area contributed by atoms with E-state index < -0.39 is 11.1 Å². The number of ether oxygens (including phenoxy) is 1. The van der Waals surface area contributed by atoms with Crippen LogP contribution in [0.1, 0.15) is 24.4 Å². The summed E-state index contributed by atoms with van der Waals surface area (Å²) in [4.78, 5) is 43.4. The van der Waals surface area contributed by atoms with Crippen molar-refractivity contribution in [3.63, 3.8) is 0 Å². The predicted molar refractivity (Wildman–Crippen MR) is 130 cm³/mol. The lowest BCUT2D eigenvalue weighted by Crippen LogP contribution is -2.45. The van der Waals surface area contributed by atoms with Gasteiger partial charge in [0.25, 0.3) is 0 Å². The maximum absolute atomic E-state index is 12.9. The SMILES string of the molecule is Cn1c(=O)c(=O)n(C2CCN(c3ncc(CN4CCOCC4)cn3)CC2)c2nc(Cl)c(Cl)cc21. The van der Waals surface area contributed by atoms with Gasteiger partial charge >= 0.3 is 11.1 Å². The van der Waals surface area contributed by atoms with Gasteiger partial charge in [0.15, 0.2) is 5.65 Å². The molecule has 2 fully saturated rings. The minimum absolute atomic E-state index is 0.101. The molecular formula is C22H25Cl2N7O3. The Morgan fingerprint density at radius 3 is 2.38 bits per heavy atom. The summed E-state index contributed by atoms with van der Waals surface area (Å²) in [5.41, 5.74) is 0.682. The van der Waals surface area contributed by atoms with E-state index >= 15 is 0 Å². The van der Waals surface area contributed by atoms with Gasteiger partial charge < -0.3 is 14.2 Å². The number of fused-ring (bicyclic) bond motifs is 1. The largest absolute Gasteiger partial charge is 0.379 e. The summed E-state index contributed by atoms with van der Waals surface area (Å²) in [6.45, 7) is 5.46. The van der Waals surface area contributed by atoms with Crippen LogP contribution < -0.4 is 16.0 Å². The highest BCUT2D eigenvalue weighted by Crippen LogP contribution is 2.28. The number of halogens is 2. The van der Waals surface area contributed by atoms with Crippen molar-refractivity contribution in [3.8, 4) is 0 Å². The minimum atomic E-state index is -0.616. The summed E-state index contributed by atoms with van der Waals surface area (Å²) in [6.07, 6.45) is 5.03. The van der Waals surface area contributed by atoms with Crippen LogP contribution in [0.15, 0.2) is 28.0 Å². The van der Waals surface area contributed by atoms with E-state index in [4.69, 9.17) is 27.9 Å². The van der Waals surface area contributed by atoms with Crippen LogP contribution in [0.5, 0.6) is 0 Å². The predicted octanol–water partition coefficient (Wildman–Crippen LogP) is 1.87. The number of nitrogens with zero attached hydrogens (tertiary/aromatic N) is 7. The van der Waals surface area contributed by atoms with E-state index in [0.29, 0.717) is 43.0 Å². The van der Waals surface area contributed by atoms with Gasteiger partial charge in [-0.1, -0.05) is 23.2 Å². The fourth-order valence-corrected chi connectivity index (χ4v) is 4.88. The van der Waals surface area contributed by atoms with E-state index in [9.17, 15) is 9.59 Å². The second-order valence-electron chi connectivity index (χ2n) is 8.64. The summed E-state index contributed by atoms with van der Waals surface area (Å²) in [5, 5.41) is 0.336. The van der Waals surface area contributed by atoms with Gasteiger partial charge in [-0.25, -0.2) is 15.0 Å². The van der Waals surface area contributed by atoms with E-state index in [1.165, 1.54) is 16.2 Å². The zero-order valence-corrected chi connectivity index (χ0v) is 20.3. The molecule has 0 N–H and O–H groups in total. The minimum Gasteiger partial charge on any atom is -0.379 e. The van der Waals surface area contributed by atoms with Gasteiger partial charge in [0.05, 0.1) is 23.8 Å². The van der Waals surface area contributed by atoms with Crippen molar-refractivity contribution < 1.29 is 4.74 Å². The van der Waals surface area contributed by atoms with E-state index in [0.717, 1.165) is 38.4 Å². The molecule has 0 radical (unpaired) electrons. The summed E-state index contributed by atoms with van der Waals surface area (Å²) in [5.74, 6) is 0.665. The number of aromatic nitrogens is 5. The fraction of sp³-hybridized carbons (Fsp3) is 0.500. The second-order valence-corrected chi connectivity index (χ2v) is 9.41. The van der Waals surface area contributed by atoms with Crippen molar-refractivity contribution >= 4 is 40.3 Å². The quantitative estimate of drug-likeness (QED) is 0.391. The highest BCUT2D eigenvalue weighted by Gasteiger charge is 2.26. The molecule has 3 aromatic rings. The van der Waals surface area contributed by atoms with Crippen LogP contribution in [-0.2, 0) is 18.3 Å². The molecule has 12 heteroatoms. The summed E-state index contributed by atoms with van der Waals surface area (Å²) < 4.78 is 8.14. The lowest BCUT2D eigenvalue weighted by molar-refractivity contribution is 0.0341. The number of rotatable bonds is 4. The molecule has 34 heavy (non-hydrogen) atoms. The number of aryl methyl sites for hydroxylation is 1. The van der Waals surface area contributed by atoms with Gasteiger partial charge in [-0.3, -0.25) is 19.1 Å². The van der Waals surface area contributed by atoms with Gasteiger partial charge in [-0.15, -0.1) is 0 Å². The Morgan fingerprint density at radius 2 is 1.71 bits per heavy atom. The van der Waals surface area contributed by atoms with Gasteiger partial charge in [0.1, 0.15) is 5.15 Å². The summed E-state index contributed by atoms with van der Waals surface area (Å²) in [6, 6.07) is 1.39. The van der Waals surface area contributed by atoms with Crippen molar-refractivity contribution in [2.75, 3.05) is 44.3 Å². The topological polar surface area (TPSA) is 98.4 Å². The van der Waals surface area contributed by atoms with Crippen LogP contribution >= 0.6 is 23.2 Å². The first kappa shape index (κ1) is 23.2. The van der Waals surface area contributed by atoms with E-state index in [2.05, 4.69) is 24.8 Å². The molecule has 2 aliphatic heterocycles. The Balaban J connectivity index is 1.33. The molecule has 0 spiro atoms. The monoisotopic (exact) mass is 505 g/mol. The molecule has 3 aromatic heterocycles. The molecule has 0 aliphatic carbocycles. The molecule has 5 heterocycles. The number of hydrogen-bond acceptors (Lipinski definition) is 8. The van der Waals surface area contributed by atoms with Gasteiger partial charge in [-0.2, -0.15) is 0 Å². The molecule has 2 aliphatic rings. The Hall–Kier alpha value is -2.53. The summed E-state index contributed by atoms with van der Waals surface area (Å²) >= 11 is 12.3. The van der Waals surface area contributed by atoms with Crippen LogP contribution in [0.3, 0.4) is 0 Å². The fourth-order valence-electron chi connectivity index (χ4n) is 4.60. The first-order chi connectivity index (χ1) is 16.4. The molecule has 2 saturated heterocycles. The number of morpholine rings is 1. The highest BCUT2D eigenvalue weighted by atomic mass is 35.5. The lowest BCUT2D eigenvalue weighted by atomic mass is 10.0. The molecule has 0 bridgehead atoms. The number of piperidine rings is 1. The van der Waals surface area contributed by atoms with E-state index in [1.54, 1.807) is 6.07 Å². The molecule has 180 valence electrons.